The topological polar surface area (TPSA) is 75.6 Å². The van der Waals surface area contributed by atoms with Gasteiger partial charge in [-0.15, -0.1) is 0 Å². The number of nitrogens with zero attached hydrogens (tertiary/aromatic N) is 1. The summed E-state index contributed by atoms with van der Waals surface area (Å²) in [7, 11) is 0. The van der Waals surface area contributed by atoms with Crippen molar-refractivity contribution in [1.82, 2.24) is 5.32 Å². The molecule has 1 amide bonds. The van der Waals surface area contributed by atoms with Gasteiger partial charge in [-0.25, -0.2) is 0 Å². The number of benzene rings is 2. The summed E-state index contributed by atoms with van der Waals surface area (Å²) in [6.07, 6.45) is 10.2. The Hall–Kier alpha value is -2.70. The molecule has 43 heavy (non-hydrogen) atoms. The SMILES string of the molecule is CC(=O)Oc1cccc([C@]23CC[N@+](CC(C)C)(CC4CC4)CC2(O)CC[C@@H](NC(=O)CCCCCc2ccccc2)C3)c1. The summed E-state index contributed by atoms with van der Waals surface area (Å²) in [6, 6.07) is 18.4. The number of carbonyl (C=O) groups excluding carboxylic acids is 2. The first-order chi connectivity index (χ1) is 20.6. The summed E-state index contributed by atoms with van der Waals surface area (Å²) >= 11 is 0. The van der Waals surface area contributed by atoms with Crippen molar-refractivity contribution < 1.29 is 23.9 Å². The highest BCUT2D eigenvalue weighted by atomic mass is 16.5. The third-order valence-corrected chi connectivity index (χ3v) is 10.3. The fourth-order valence-electron chi connectivity index (χ4n) is 8.41. The van der Waals surface area contributed by atoms with Crippen molar-refractivity contribution in [3.05, 3.63) is 65.7 Å². The van der Waals surface area contributed by atoms with Crippen LogP contribution in [-0.4, -0.2) is 59.3 Å². The molecule has 2 aromatic rings. The van der Waals surface area contributed by atoms with E-state index in [2.05, 4.69) is 49.5 Å². The normalized spacial score (nSPS) is 28.7. The zero-order valence-electron chi connectivity index (χ0n) is 26.7. The molecular weight excluding hydrogens is 536 g/mol. The number of carbonyl (C=O) groups is 2. The van der Waals surface area contributed by atoms with Crippen LogP contribution >= 0.6 is 0 Å². The van der Waals surface area contributed by atoms with Crippen molar-refractivity contribution in [2.45, 2.75) is 108 Å². The number of hydrogen-bond acceptors (Lipinski definition) is 4. The Balaban J connectivity index is 1.30. The quantitative estimate of drug-likeness (QED) is 0.124. The zero-order valence-corrected chi connectivity index (χ0v) is 26.7. The number of piperidine rings is 1. The van der Waals surface area contributed by atoms with Crippen LogP contribution in [0, 0.1) is 11.8 Å². The van der Waals surface area contributed by atoms with E-state index in [0.29, 0.717) is 30.9 Å². The van der Waals surface area contributed by atoms with E-state index >= 15 is 0 Å². The van der Waals surface area contributed by atoms with Gasteiger partial charge in [0.2, 0.25) is 5.91 Å². The van der Waals surface area contributed by atoms with Crippen molar-refractivity contribution in [3.8, 4) is 5.75 Å². The second-order valence-corrected chi connectivity index (χ2v) is 14.5. The molecule has 3 fully saturated rings. The summed E-state index contributed by atoms with van der Waals surface area (Å²) in [5.74, 6) is 1.64. The standard InChI is InChI=1S/C37H52N2O4/c1-28(2)25-39(26-31-17-18-31)22-21-36(32-14-10-15-34(23-32)43-29(3)40)24-33(19-20-37(36,42)27-39)38-35(41)16-9-5-8-13-30-11-6-4-7-12-30/h4,6-7,10-12,14-15,23,28,31,33,42H,5,8-9,13,16-22,24-27H2,1-3H3/p+1/t33-,36-,37?,39+/m1/s1. The average Bonchev–Trinajstić information content (AvgIpc) is 3.77. The molecule has 1 unspecified atom stereocenters. The molecule has 6 nitrogen and oxygen atoms in total. The zero-order chi connectivity index (χ0) is 30.5. The number of rotatable bonds is 13. The molecule has 6 heteroatoms. The van der Waals surface area contributed by atoms with Crippen molar-refractivity contribution in [2.75, 3.05) is 26.2 Å². The molecule has 5 rings (SSSR count). The van der Waals surface area contributed by atoms with Gasteiger partial charge in [-0.3, -0.25) is 9.59 Å². The van der Waals surface area contributed by atoms with Crippen LogP contribution in [0.1, 0.15) is 96.1 Å². The molecule has 2 N–H and O–H groups in total. The Morgan fingerprint density at radius 3 is 2.53 bits per heavy atom. The Labute approximate surface area is 258 Å². The highest BCUT2D eigenvalue weighted by molar-refractivity contribution is 5.76. The van der Waals surface area contributed by atoms with Gasteiger partial charge in [-0.05, 0) is 74.6 Å². The van der Waals surface area contributed by atoms with Gasteiger partial charge >= 0.3 is 5.97 Å². The van der Waals surface area contributed by atoms with Crippen LogP contribution in [0.15, 0.2) is 54.6 Å². The highest BCUT2D eigenvalue weighted by Crippen LogP contribution is 2.54. The molecule has 2 aromatic carbocycles. The van der Waals surface area contributed by atoms with Gasteiger partial charge in [0.05, 0.1) is 19.6 Å². The van der Waals surface area contributed by atoms with E-state index in [9.17, 15) is 14.7 Å². The average molecular weight is 590 g/mol. The lowest BCUT2D eigenvalue weighted by atomic mass is 9.54. The molecule has 1 aliphatic heterocycles. The third kappa shape index (κ3) is 7.88. The largest absolute Gasteiger partial charge is 0.427 e. The predicted octanol–water partition coefficient (Wildman–Crippen LogP) is 6.34. The summed E-state index contributed by atoms with van der Waals surface area (Å²) in [5.41, 5.74) is 0.993. The molecule has 4 atom stereocenters. The molecule has 0 radical (unpaired) electrons. The maximum absolute atomic E-state index is 13.1. The number of nitrogens with one attached hydrogen (secondary N) is 1. The number of fused-ring (bicyclic) bond motifs is 1. The van der Waals surface area contributed by atoms with Crippen LogP contribution < -0.4 is 10.1 Å². The van der Waals surface area contributed by atoms with Crippen molar-refractivity contribution >= 4 is 11.9 Å². The van der Waals surface area contributed by atoms with Crippen molar-refractivity contribution in [1.29, 1.82) is 0 Å². The number of aryl methyl sites for hydroxylation is 1. The van der Waals surface area contributed by atoms with Gasteiger partial charge in [0.15, 0.2) is 0 Å². The second-order valence-electron chi connectivity index (χ2n) is 14.5. The van der Waals surface area contributed by atoms with E-state index in [4.69, 9.17) is 4.74 Å². The van der Waals surface area contributed by atoms with Gasteiger partial charge < -0.3 is 19.6 Å². The molecule has 0 spiro atoms. The summed E-state index contributed by atoms with van der Waals surface area (Å²) in [6.45, 7) is 10.1. The van der Waals surface area contributed by atoms with Crippen LogP contribution in [0.5, 0.6) is 5.75 Å². The van der Waals surface area contributed by atoms with E-state index in [1.807, 2.05) is 24.3 Å². The second kappa shape index (κ2) is 13.5. The number of unbranched alkanes of at least 4 members (excludes halogenated alkanes) is 2. The molecular formula is C37H53N2O4+. The van der Waals surface area contributed by atoms with Gasteiger partial charge in [0.1, 0.15) is 17.9 Å². The van der Waals surface area contributed by atoms with Crippen LogP contribution in [-0.2, 0) is 21.4 Å². The minimum Gasteiger partial charge on any atom is -0.427 e. The smallest absolute Gasteiger partial charge is 0.308 e. The summed E-state index contributed by atoms with van der Waals surface area (Å²) < 4.78 is 6.49. The van der Waals surface area contributed by atoms with Gasteiger partial charge in [-0.2, -0.15) is 0 Å². The number of ether oxygens (including phenoxy) is 1. The van der Waals surface area contributed by atoms with E-state index in [1.54, 1.807) is 0 Å². The lowest BCUT2D eigenvalue weighted by Crippen LogP contribution is -2.73. The lowest BCUT2D eigenvalue weighted by Gasteiger charge is -2.61. The van der Waals surface area contributed by atoms with Crippen LogP contribution in [0.25, 0.3) is 0 Å². The first-order valence-electron chi connectivity index (χ1n) is 16.8. The maximum atomic E-state index is 13.1. The molecule has 2 saturated carbocycles. The Kier molecular flexibility index (Phi) is 9.97. The monoisotopic (exact) mass is 589 g/mol. The molecule has 1 heterocycles. The minimum absolute atomic E-state index is 0.0167. The number of amides is 1. The molecule has 2 aliphatic carbocycles. The van der Waals surface area contributed by atoms with Gasteiger partial charge in [0.25, 0.3) is 0 Å². The van der Waals surface area contributed by atoms with E-state index in [-0.39, 0.29) is 17.9 Å². The highest BCUT2D eigenvalue weighted by Gasteiger charge is 2.62. The van der Waals surface area contributed by atoms with Crippen LogP contribution in [0.2, 0.25) is 0 Å². The Bertz CT molecular complexity index is 1240. The fraction of sp³-hybridized carbons (Fsp3) is 0.622. The first-order valence-corrected chi connectivity index (χ1v) is 16.8. The van der Waals surface area contributed by atoms with E-state index in [1.165, 1.54) is 25.3 Å². The number of likely N-dealkylation sites (tertiary alicyclic amines) is 1. The number of hydrogen-bond donors (Lipinski definition) is 2. The molecule has 1 saturated heterocycles. The lowest BCUT2D eigenvalue weighted by molar-refractivity contribution is -0.945. The number of aliphatic hydroxyl groups is 1. The maximum Gasteiger partial charge on any atom is 0.308 e. The molecule has 0 bridgehead atoms. The third-order valence-electron chi connectivity index (χ3n) is 10.3. The van der Waals surface area contributed by atoms with Crippen LogP contribution in [0.3, 0.4) is 0 Å². The summed E-state index contributed by atoms with van der Waals surface area (Å²) in [4.78, 5) is 24.9. The van der Waals surface area contributed by atoms with Gasteiger partial charge in [0, 0.05) is 43.1 Å². The predicted molar refractivity (Wildman–Crippen MR) is 171 cm³/mol. The van der Waals surface area contributed by atoms with Crippen molar-refractivity contribution in [3.63, 3.8) is 0 Å². The Morgan fingerprint density at radius 1 is 1.02 bits per heavy atom. The van der Waals surface area contributed by atoms with Crippen LogP contribution in [0.4, 0.5) is 0 Å². The first kappa shape index (κ1) is 31.7. The molecule has 234 valence electrons. The van der Waals surface area contributed by atoms with Gasteiger partial charge in [-0.1, -0.05) is 62.7 Å². The summed E-state index contributed by atoms with van der Waals surface area (Å²) in [5, 5.41) is 16.1. The van der Waals surface area contributed by atoms with E-state index < -0.39 is 11.0 Å². The number of esters is 1. The molecule has 0 aromatic heterocycles. The van der Waals surface area contributed by atoms with Crippen molar-refractivity contribution in [2.24, 2.45) is 11.8 Å². The fourth-order valence-corrected chi connectivity index (χ4v) is 8.41. The molecule has 3 aliphatic rings. The minimum atomic E-state index is -0.886. The number of quaternary nitrogens is 1. The van der Waals surface area contributed by atoms with E-state index in [0.717, 1.165) is 80.7 Å². The Morgan fingerprint density at radius 2 is 1.81 bits per heavy atom.